The second-order valence-electron chi connectivity index (χ2n) is 5.40. The second-order valence-corrected chi connectivity index (χ2v) is 6.45. The maximum Gasteiger partial charge on any atom is 0.338 e. The number of carbonyl (C=O) groups excluding carboxylic acids is 2. The van der Waals surface area contributed by atoms with E-state index in [9.17, 15) is 9.59 Å². The van der Waals surface area contributed by atoms with E-state index in [0.29, 0.717) is 23.6 Å². The summed E-state index contributed by atoms with van der Waals surface area (Å²) in [5.74, 6) is -0.182. The topological polar surface area (TPSA) is 55.4 Å². The minimum Gasteiger partial charge on any atom is -0.462 e. The van der Waals surface area contributed by atoms with Crippen molar-refractivity contribution >= 4 is 29.3 Å². The minimum atomic E-state index is -0.387. The summed E-state index contributed by atoms with van der Waals surface area (Å²) in [6.07, 6.45) is 0. The molecule has 0 atom stereocenters. The summed E-state index contributed by atoms with van der Waals surface area (Å²) in [5, 5.41) is 2.86. The molecule has 0 fully saturated rings. The first kappa shape index (κ1) is 18.1. The highest BCUT2D eigenvalue weighted by molar-refractivity contribution is 8.00. The van der Waals surface area contributed by atoms with Gasteiger partial charge in [-0.2, -0.15) is 0 Å². The van der Waals surface area contributed by atoms with E-state index in [-0.39, 0.29) is 11.9 Å². The Labute approximate surface area is 146 Å². The van der Waals surface area contributed by atoms with Gasteiger partial charge < -0.3 is 10.1 Å². The molecule has 0 aromatic heterocycles. The quantitative estimate of drug-likeness (QED) is 0.630. The molecule has 0 saturated carbocycles. The van der Waals surface area contributed by atoms with Gasteiger partial charge in [0.1, 0.15) is 0 Å². The summed E-state index contributed by atoms with van der Waals surface area (Å²) in [6, 6.07) is 13.2. The third-order valence-electron chi connectivity index (χ3n) is 3.41. The zero-order valence-corrected chi connectivity index (χ0v) is 14.9. The van der Waals surface area contributed by atoms with Crippen LogP contribution in [0.1, 0.15) is 28.4 Å². The molecule has 2 aromatic rings. The number of hydrogen-bond donors (Lipinski definition) is 1. The first-order valence-electron chi connectivity index (χ1n) is 7.76. The molecule has 0 unspecified atom stereocenters. The fourth-order valence-corrected chi connectivity index (χ4v) is 2.77. The number of rotatable bonds is 6. The van der Waals surface area contributed by atoms with Crippen LogP contribution in [0.2, 0.25) is 0 Å². The van der Waals surface area contributed by atoms with Crippen LogP contribution in [-0.2, 0) is 9.53 Å². The van der Waals surface area contributed by atoms with Gasteiger partial charge in [0.25, 0.3) is 0 Å². The van der Waals surface area contributed by atoms with E-state index in [0.717, 1.165) is 10.5 Å². The van der Waals surface area contributed by atoms with Crippen molar-refractivity contribution in [2.24, 2.45) is 0 Å². The van der Waals surface area contributed by atoms with Gasteiger partial charge in [0.2, 0.25) is 5.91 Å². The van der Waals surface area contributed by atoms with Gasteiger partial charge in [0, 0.05) is 10.6 Å². The van der Waals surface area contributed by atoms with Crippen molar-refractivity contribution in [3.05, 3.63) is 59.2 Å². The Morgan fingerprint density at radius 3 is 2.46 bits per heavy atom. The van der Waals surface area contributed by atoms with E-state index < -0.39 is 0 Å². The lowest BCUT2D eigenvalue weighted by atomic mass is 10.1. The standard InChI is InChI=1S/C19H21NO3S/c1-4-23-19(22)15-8-7-14(3)17(11-15)20-18(21)12-24-16-9-5-13(2)6-10-16/h5-11H,4,12H2,1-3H3,(H,20,21). The number of anilines is 1. The number of nitrogens with one attached hydrogen (secondary N) is 1. The molecule has 2 aromatic carbocycles. The van der Waals surface area contributed by atoms with Crippen LogP contribution in [-0.4, -0.2) is 24.2 Å². The average molecular weight is 343 g/mol. The highest BCUT2D eigenvalue weighted by atomic mass is 32.2. The fourth-order valence-electron chi connectivity index (χ4n) is 2.07. The lowest BCUT2D eigenvalue weighted by molar-refractivity contribution is -0.113. The molecular formula is C19H21NO3S. The SMILES string of the molecule is CCOC(=O)c1ccc(C)c(NC(=O)CSc2ccc(C)cc2)c1. The Morgan fingerprint density at radius 2 is 1.79 bits per heavy atom. The third-order valence-corrected chi connectivity index (χ3v) is 4.43. The van der Waals surface area contributed by atoms with Crippen molar-refractivity contribution in [2.45, 2.75) is 25.7 Å². The molecule has 24 heavy (non-hydrogen) atoms. The Hall–Kier alpha value is -2.27. The molecule has 0 aliphatic carbocycles. The van der Waals surface area contributed by atoms with Gasteiger partial charge in [-0.25, -0.2) is 4.79 Å². The highest BCUT2D eigenvalue weighted by Gasteiger charge is 2.11. The number of benzene rings is 2. The van der Waals surface area contributed by atoms with Crippen molar-refractivity contribution in [1.29, 1.82) is 0 Å². The highest BCUT2D eigenvalue weighted by Crippen LogP contribution is 2.21. The molecule has 2 rings (SSSR count). The molecule has 0 aliphatic rings. The molecule has 5 heteroatoms. The summed E-state index contributed by atoms with van der Waals surface area (Å²) >= 11 is 1.48. The summed E-state index contributed by atoms with van der Waals surface area (Å²) < 4.78 is 4.99. The van der Waals surface area contributed by atoms with Crippen LogP contribution in [0, 0.1) is 13.8 Å². The molecule has 0 saturated heterocycles. The van der Waals surface area contributed by atoms with E-state index in [4.69, 9.17) is 4.74 Å². The fraction of sp³-hybridized carbons (Fsp3) is 0.263. The predicted molar refractivity (Wildman–Crippen MR) is 97.7 cm³/mol. The van der Waals surface area contributed by atoms with Crippen molar-refractivity contribution in [3.63, 3.8) is 0 Å². The molecule has 0 aliphatic heterocycles. The molecule has 0 bridgehead atoms. The molecule has 0 radical (unpaired) electrons. The van der Waals surface area contributed by atoms with Gasteiger partial charge >= 0.3 is 5.97 Å². The summed E-state index contributed by atoms with van der Waals surface area (Å²) in [5.41, 5.74) is 3.16. The molecule has 0 spiro atoms. The largest absolute Gasteiger partial charge is 0.462 e. The van der Waals surface area contributed by atoms with E-state index in [1.807, 2.05) is 38.1 Å². The van der Waals surface area contributed by atoms with Crippen LogP contribution < -0.4 is 5.32 Å². The lowest BCUT2D eigenvalue weighted by Gasteiger charge is -2.10. The number of thioether (sulfide) groups is 1. The normalized spacial score (nSPS) is 10.3. The maximum atomic E-state index is 12.2. The van der Waals surface area contributed by atoms with Crippen molar-refractivity contribution in [1.82, 2.24) is 0 Å². The first-order chi connectivity index (χ1) is 11.5. The molecular weight excluding hydrogens is 322 g/mol. The number of aryl methyl sites for hydroxylation is 2. The Morgan fingerprint density at radius 1 is 1.08 bits per heavy atom. The van der Waals surface area contributed by atoms with Crippen LogP contribution in [0.5, 0.6) is 0 Å². The van der Waals surface area contributed by atoms with Gasteiger partial charge in [0.15, 0.2) is 0 Å². The van der Waals surface area contributed by atoms with E-state index in [1.54, 1.807) is 25.1 Å². The number of carbonyl (C=O) groups is 2. The van der Waals surface area contributed by atoms with Gasteiger partial charge in [-0.15, -0.1) is 11.8 Å². The number of amides is 1. The maximum absolute atomic E-state index is 12.2. The zero-order valence-electron chi connectivity index (χ0n) is 14.1. The van der Waals surface area contributed by atoms with Gasteiger partial charge in [0.05, 0.1) is 17.9 Å². The lowest BCUT2D eigenvalue weighted by Crippen LogP contribution is -2.15. The first-order valence-corrected chi connectivity index (χ1v) is 8.75. The number of ether oxygens (including phenoxy) is 1. The van der Waals surface area contributed by atoms with Crippen LogP contribution in [0.4, 0.5) is 5.69 Å². The average Bonchev–Trinajstić information content (AvgIpc) is 2.56. The zero-order chi connectivity index (χ0) is 17.5. The second kappa shape index (κ2) is 8.55. The number of esters is 1. The van der Waals surface area contributed by atoms with Crippen LogP contribution in [0.15, 0.2) is 47.4 Å². The van der Waals surface area contributed by atoms with E-state index >= 15 is 0 Å². The minimum absolute atomic E-state index is 0.107. The Bertz CT molecular complexity index is 726. The smallest absolute Gasteiger partial charge is 0.338 e. The van der Waals surface area contributed by atoms with Crippen LogP contribution in [0.3, 0.4) is 0 Å². The van der Waals surface area contributed by atoms with Crippen LogP contribution in [0.25, 0.3) is 0 Å². The molecule has 4 nitrogen and oxygen atoms in total. The van der Waals surface area contributed by atoms with Crippen molar-refractivity contribution < 1.29 is 14.3 Å². The Kier molecular flexibility index (Phi) is 6.44. The molecule has 126 valence electrons. The number of hydrogen-bond acceptors (Lipinski definition) is 4. The summed E-state index contributed by atoms with van der Waals surface area (Å²) in [4.78, 5) is 25.0. The monoisotopic (exact) mass is 343 g/mol. The van der Waals surface area contributed by atoms with Gasteiger partial charge in [-0.3, -0.25) is 4.79 Å². The van der Waals surface area contributed by atoms with E-state index in [2.05, 4.69) is 5.32 Å². The van der Waals surface area contributed by atoms with Crippen molar-refractivity contribution in [2.75, 3.05) is 17.7 Å². The predicted octanol–water partition coefficient (Wildman–Crippen LogP) is 4.21. The van der Waals surface area contributed by atoms with Gasteiger partial charge in [-0.1, -0.05) is 23.8 Å². The summed E-state index contributed by atoms with van der Waals surface area (Å²) in [7, 11) is 0. The van der Waals surface area contributed by atoms with Crippen molar-refractivity contribution in [3.8, 4) is 0 Å². The molecule has 0 heterocycles. The molecule has 1 amide bonds. The van der Waals surface area contributed by atoms with Crippen LogP contribution >= 0.6 is 11.8 Å². The van der Waals surface area contributed by atoms with E-state index in [1.165, 1.54) is 17.3 Å². The Balaban J connectivity index is 1.98. The molecule has 1 N–H and O–H groups in total. The summed E-state index contributed by atoms with van der Waals surface area (Å²) in [6.45, 7) is 6.00. The third kappa shape index (κ3) is 5.13. The van der Waals surface area contributed by atoms with Gasteiger partial charge in [-0.05, 0) is 50.6 Å².